The summed E-state index contributed by atoms with van der Waals surface area (Å²) in [5, 5.41) is 17.4. The average molecular weight is 2270 g/mol. The van der Waals surface area contributed by atoms with Crippen LogP contribution in [0.5, 0.6) is 23.5 Å². The zero-order chi connectivity index (χ0) is 95.7. The van der Waals surface area contributed by atoms with Crippen molar-refractivity contribution >= 4 is 230 Å². The Balaban J connectivity index is 0.000000494. The van der Waals surface area contributed by atoms with Gasteiger partial charge in [0.1, 0.15) is 0 Å². The van der Waals surface area contributed by atoms with Crippen LogP contribution in [0.15, 0.2) is 238 Å². The van der Waals surface area contributed by atoms with Gasteiger partial charge in [0.15, 0.2) is 33.1 Å². The lowest BCUT2D eigenvalue weighted by molar-refractivity contribution is 0.111. The van der Waals surface area contributed by atoms with Crippen LogP contribution in [-0.4, -0.2) is 135 Å². The second-order valence-corrected chi connectivity index (χ2v) is 41.3. The maximum atomic E-state index is 11.2. The molecule has 0 aliphatic rings. The van der Waals surface area contributed by atoms with E-state index in [2.05, 4.69) is 369 Å². The molecule has 9 aromatic heterocycles. The van der Waals surface area contributed by atoms with Crippen molar-refractivity contribution in [2.75, 3.05) is 58.6 Å². The van der Waals surface area contributed by atoms with E-state index < -0.39 is 5.20 Å². The van der Waals surface area contributed by atoms with Gasteiger partial charge in [-0.3, -0.25) is 35.6 Å². The van der Waals surface area contributed by atoms with Crippen molar-refractivity contribution in [1.82, 2.24) is 50.2 Å². The van der Waals surface area contributed by atoms with E-state index in [9.17, 15) is 18.9 Å². The number of pyridine rings is 6. The number of hydrogen-bond donors (Lipinski definition) is 9. The molecule has 0 atom stereocenters. The Labute approximate surface area is 825 Å². The van der Waals surface area contributed by atoms with Gasteiger partial charge in [-0.1, -0.05) is 138 Å². The summed E-state index contributed by atoms with van der Waals surface area (Å²) in [6, 6.07) is 46.1. The van der Waals surface area contributed by atoms with Crippen molar-refractivity contribution in [2.24, 2.45) is 32.5 Å². The summed E-state index contributed by atoms with van der Waals surface area (Å²) in [6.07, 6.45) is 20.4. The number of ether oxygens (including phenoxy) is 6. The highest BCUT2D eigenvalue weighted by Crippen LogP contribution is 2.61. The van der Waals surface area contributed by atoms with Crippen LogP contribution >= 0.6 is 185 Å². The molecule has 0 bridgehead atoms. The fraction of sp³-hybridized carbons (Fsp3) is 0.241. The largest absolute Gasteiger partial charge is 0.504 e. The van der Waals surface area contributed by atoms with Gasteiger partial charge in [0, 0.05) is 125 Å². The monoisotopic (exact) mass is 2260 g/mol. The minimum atomic E-state index is -3.22. The van der Waals surface area contributed by atoms with Crippen LogP contribution in [0.2, 0.25) is 0 Å². The summed E-state index contributed by atoms with van der Waals surface area (Å²) in [5.41, 5.74) is 20.7. The molecule has 12 aromatic rings. The molecule has 12 N–H and O–H groups in total. The molecule has 0 saturated heterocycles. The highest BCUT2D eigenvalue weighted by molar-refractivity contribution is 9.11. The van der Waals surface area contributed by atoms with Gasteiger partial charge in [-0.2, -0.15) is 5.53 Å². The molecule has 0 aliphatic carbocycles. The van der Waals surface area contributed by atoms with E-state index in [0.717, 1.165) is 92.2 Å². The first-order valence-electron chi connectivity index (χ1n) is 37.1. The predicted octanol–water partition coefficient (Wildman–Crippen LogP) is 24.7. The molecule has 0 saturated carbocycles. The molecule has 686 valence electrons. The number of aromatic amines is 1. The van der Waals surface area contributed by atoms with Gasteiger partial charge < -0.3 is 60.4 Å². The first-order chi connectivity index (χ1) is 61.0. The fourth-order valence-electron chi connectivity index (χ4n) is 9.37. The topological polar surface area (TPSA) is 430 Å². The predicted molar refractivity (Wildman–Crippen MR) is 548 cm³/mol. The van der Waals surface area contributed by atoms with Crippen LogP contribution in [0.1, 0.15) is 104 Å². The number of aryl methyl sites for hydroxylation is 1. The number of methoxy groups -OCH3 is 6. The third-order valence-corrected chi connectivity index (χ3v) is 22.3. The van der Waals surface area contributed by atoms with Gasteiger partial charge >= 0.3 is 5.20 Å². The van der Waals surface area contributed by atoms with Gasteiger partial charge in [-0.25, -0.2) is 34.9 Å². The Kier molecular flexibility index (Phi) is 58.7. The molecule has 0 aliphatic heterocycles. The van der Waals surface area contributed by atoms with E-state index in [4.69, 9.17) is 39.7 Å². The van der Waals surface area contributed by atoms with Crippen LogP contribution in [-0.2, 0) is 19.2 Å². The van der Waals surface area contributed by atoms with Crippen molar-refractivity contribution in [3.05, 3.63) is 267 Å². The summed E-state index contributed by atoms with van der Waals surface area (Å²) < 4.78 is 45.9. The number of halogens is 9. The number of hydrazine groups is 1. The number of hydrogen-bond acceptors (Lipinski definition) is 29. The van der Waals surface area contributed by atoms with Crippen LogP contribution in [0.4, 0.5) is 15.4 Å². The minimum Gasteiger partial charge on any atom is -0.504 e. The molecule has 0 amide bonds. The van der Waals surface area contributed by atoms with Crippen molar-refractivity contribution in [2.45, 2.75) is 91.6 Å². The molecule has 0 unspecified atom stereocenters. The maximum Gasteiger partial charge on any atom is 0.339 e. The number of thiocarbonyl (C=S) groups is 1. The van der Waals surface area contributed by atoms with Crippen LogP contribution in [0.3, 0.4) is 0 Å². The number of rotatable bonds is 24. The van der Waals surface area contributed by atoms with E-state index in [-0.39, 0.29) is 10.7 Å². The number of carbonyl (C=O) groups is 2. The Hall–Kier alpha value is -8.54. The number of carbonyl (C=O) groups excluding carboxylic acids is 2. The molecular weight excluding hydrogens is 2170 g/mol. The zero-order valence-electron chi connectivity index (χ0n) is 71.8. The summed E-state index contributed by atoms with van der Waals surface area (Å²) in [6.45, 7) is 18.5. The average Bonchev–Trinajstić information content (AvgIpc) is 0.923. The number of aromatic nitrogens is 9. The molecule has 0 spiro atoms. The summed E-state index contributed by atoms with van der Waals surface area (Å²) >= 11 is 44.4. The SMILES string of the molecule is CC(C)NC(N)=S.CC(C)Nc1ncc(-c2c[nH]c(=O)c(Br)c2)s1.CO/C=C/c1cnc(OC)c(Br)c1.COC=PC(c1ccccc1)(c1ccccc1)c1ccccc1.COc1ccc(C=O)cn1.COc1ncc(-c2cnc(NC(C)C)s2)cc1Br.COc1ncc(C=O)cc1Br.Cc1ncc(-c2cnc(NC(C)C)s2)cc1Br.N=NN=NCl.NN.O=P(Cl)(Cl)Cl. The first-order valence-corrected chi connectivity index (χ1v) is 49.7. The summed E-state index contributed by atoms with van der Waals surface area (Å²) in [7, 11) is 10.6. The Morgan fingerprint density at radius 1 is 0.531 bits per heavy atom. The fourth-order valence-corrected chi connectivity index (χ4v) is 15.9. The lowest BCUT2D eigenvalue weighted by atomic mass is 9.84. The van der Waals surface area contributed by atoms with E-state index in [1.807, 2.05) is 63.6 Å². The third-order valence-electron chi connectivity index (χ3n) is 14.6. The number of aldehydes is 2. The van der Waals surface area contributed by atoms with E-state index in [1.165, 1.54) is 43.3 Å². The Bertz CT molecular complexity index is 5350. The van der Waals surface area contributed by atoms with Gasteiger partial charge in [-0.05, 0) is 263 Å². The third kappa shape index (κ3) is 45.8. The lowest BCUT2D eigenvalue weighted by Gasteiger charge is -2.32. The molecule has 9 heterocycles. The number of benzene rings is 3. The molecule has 3 aromatic carbocycles. The standard InChI is InChI=1S/C21H19OP.C12H14BrN3OS.C12H14BrN3S.C11H12BrN3OS.C9H10BrNO2.C7H6BrNO2.C7H7NO2.C4H10N2S.Cl3OP.ClHN4.H4N2/c1-22-17-23-21(18-11-5-2-6-12-18,19-13-7-3-8-14-19)20-15-9-4-10-16-20;1-7(2)16-12-15-6-10(18-12)8-4-9(13)11(17-3)14-5-8;1-7(2)16-12-15-6-11(17-12)9-4-10(13)8(3)14-5-9;1-6(2)15-11-14-5-9(17-11)7-3-8(12)10(16)13-4-7;1-12-4-3-7-5-8(10)9(13-2)11-6-7;1-11-7-6(8)2-5(4-10)3-9-7;1-10-7-3-2-6(5-9)4-8-7;1-3(2)6-4(5)7;1-5(2,3)4;1-3-5-4-2;1-2/h2-17H,1H3;4-7H,1-3H3,(H,15,16);4-7H,1-3H3,(H,15,16);3-6H,1-2H3,(H,13,16)(H,14,15);3-6H,1-2H3;2-4H,1H3;2-5H,1H3;3H,1-2H3,(H3,5,6,7);;2H;1-2H2/b;;;;4-3+;;;;;;. The second-order valence-electron chi connectivity index (χ2n) is 25.6. The highest BCUT2D eigenvalue weighted by Gasteiger charge is 2.34. The highest BCUT2D eigenvalue weighted by atomic mass is 79.9. The molecule has 12 rings (SSSR count). The summed E-state index contributed by atoms with van der Waals surface area (Å²) in [4.78, 5) is 70.8. The first kappa shape index (κ1) is 116. The smallest absolute Gasteiger partial charge is 0.339 e. The molecular formula is C83H97Br5Cl4N20O10P2S4. The van der Waals surface area contributed by atoms with Crippen LogP contribution in [0, 0.1) is 12.5 Å². The number of H-pyrrole nitrogens is 1. The molecule has 0 radical (unpaired) electrons. The van der Waals surface area contributed by atoms with Crippen molar-refractivity contribution in [3.63, 3.8) is 0 Å². The zero-order valence-corrected chi connectivity index (χ0v) is 87.8. The molecule has 30 nitrogen and oxygen atoms in total. The van der Waals surface area contributed by atoms with Crippen molar-refractivity contribution < 1.29 is 42.6 Å². The molecule has 0 fully saturated rings. The van der Waals surface area contributed by atoms with Gasteiger partial charge in [0.2, 0.25) is 23.5 Å². The maximum absolute atomic E-state index is 11.2. The molecule has 128 heavy (non-hydrogen) atoms. The summed E-state index contributed by atoms with van der Waals surface area (Å²) in [5.74, 6) is 12.0. The van der Waals surface area contributed by atoms with Crippen LogP contribution in [0.25, 0.3) is 37.4 Å². The van der Waals surface area contributed by atoms with E-state index in [0.29, 0.717) is 72.9 Å². The number of nitrogens with zero attached hydrogens (tertiary/aromatic N) is 11. The lowest BCUT2D eigenvalue weighted by Crippen LogP contribution is -2.34. The second kappa shape index (κ2) is 65.1. The van der Waals surface area contributed by atoms with Crippen molar-refractivity contribution in [1.29, 1.82) is 5.53 Å². The number of nitrogens with one attached hydrogen (secondary N) is 6. The number of nitrogens with two attached hydrogens (primary N) is 3. The number of thiazole rings is 3. The Morgan fingerprint density at radius 3 is 1.24 bits per heavy atom. The van der Waals surface area contributed by atoms with E-state index in [1.54, 1.807) is 118 Å². The van der Waals surface area contributed by atoms with Gasteiger partial charge in [-0.15, -0.1) is 0 Å². The normalized spacial score (nSPS) is 10.4. The quantitative estimate of drug-likeness (QED) is 0.00396. The Morgan fingerprint density at radius 2 is 0.922 bits per heavy atom. The van der Waals surface area contributed by atoms with Crippen LogP contribution < -0.4 is 63.2 Å². The van der Waals surface area contributed by atoms with Gasteiger partial charge in [0.05, 0.1) is 103 Å². The molecule has 45 heteroatoms. The van der Waals surface area contributed by atoms with Gasteiger partial charge in [0.25, 0.3) is 5.56 Å². The van der Waals surface area contributed by atoms with Crippen molar-refractivity contribution in [3.8, 4) is 54.8 Å². The van der Waals surface area contributed by atoms with E-state index >= 15 is 0 Å². The minimum absolute atomic E-state index is 0.126. The number of anilines is 3.